The van der Waals surface area contributed by atoms with E-state index >= 15 is 0 Å². The van der Waals surface area contributed by atoms with Gasteiger partial charge < -0.3 is 5.32 Å². The number of carbonyl (C=O) groups excluding carboxylic acids is 1. The largest absolute Gasteiger partial charge is 0.352 e. The van der Waals surface area contributed by atoms with Crippen molar-refractivity contribution < 1.29 is 4.79 Å². The quantitative estimate of drug-likeness (QED) is 0.857. The molecule has 1 saturated carbocycles. The van der Waals surface area contributed by atoms with Gasteiger partial charge in [-0.05, 0) is 33.1 Å². The van der Waals surface area contributed by atoms with Crippen LogP contribution in [0.5, 0.6) is 0 Å². The van der Waals surface area contributed by atoms with E-state index < -0.39 is 0 Å². The summed E-state index contributed by atoms with van der Waals surface area (Å²) in [6.07, 6.45) is 3.93. The van der Waals surface area contributed by atoms with Crippen LogP contribution in [-0.4, -0.2) is 50.6 Å². The molecule has 1 atom stereocenters. The molecule has 0 bridgehead atoms. The van der Waals surface area contributed by atoms with Gasteiger partial charge in [0.25, 0.3) is 5.56 Å². The summed E-state index contributed by atoms with van der Waals surface area (Å²) in [4.78, 5) is 30.9. The molecule has 0 radical (unpaired) electrons. The number of nitrogens with one attached hydrogen (secondary N) is 2. The zero-order valence-corrected chi connectivity index (χ0v) is 14.1. The number of aromatic amines is 1. The fourth-order valence-corrected chi connectivity index (χ4v) is 3.73. The Morgan fingerprint density at radius 1 is 1.38 bits per heavy atom. The number of hydrogen-bond acceptors (Lipinski definition) is 4. The summed E-state index contributed by atoms with van der Waals surface area (Å²) in [6, 6.07) is 2.48. The maximum Gasteiger partial charge on any atom is 0.266 e. The highest BCUT2D eigenvalue weighted by molar-refractivity contribution is 5.79. The Balaban J connectivity index is 1.47. The van der Waals surface area contributed by atoms with E-state index in [2.05, 4.69) is 20.3 Å². The number of fused-ring (bicyclic) bond motifs is 1. The molecular weight excluding hydrogens is 306 g/mol. The van der Waals surface area contributed by atoms with Crippen molar-refractivity contribution in [1.29, 1.82) is 0 Å². The number of aryl methyl sites for hydroxylation is 2. The van der Waals surface area contributed by atoms with Gasteiger partial charge in [-0.15, -0.1) is 0 Å². The summed E-state index contributed by atoms with van der Waals surface area (Å²) in [7, 11) is 0. The lowest BCUT2D eigenvalue weighted by molar-refractivity contribution is -0.121. The van der Waals surface area contributed by atoms with Crippen LogP contribution in [-0.2, 0) is 11.2 Å². The summed E-state index contributed by atoms with van der Waals surface area (Å²) in [5.41, 5.74) is 2.95. The smallest absolute Gasteiger partial charge is 0.266 e. The van der Waals surface area contributed by atoms with Gasteiger partial charge in [-0.25, -0.2) is 9.50 Å². The molecule has 4 rings (SSSR count). The molecule has 2 N–H and O–H groups in total. The summed E-state index contributed by atoms with van der Waals surface area (Å²) < 4.78 is 1.66. The van der Waals surface area contributed by atoms with Gasteiger partial charge in [0, 0.05) is 48.2 Å². The van der Waals surface area contributed by atoms with Crippen molar-refractivity contribution in [3.05, 3.63) is 33.4 Å². The molecule has 1 amide bonds. The Hall–Kier alpha value is -2.15. The minimum Gasteiger partial charge on any atom is -0.352 e. The lowest BCUT2D eigenvalue weighted by Gasteiger charge is -2.16. The number of rotatable bonds is 4. The molecule has 0 spiro atoms. The normalized spacial score (nSPS) is 21.5. The van der Waals surface area contributed by atoms with E-state index in [1.165, 1.54) is 18.9 Å². The van der Waals surface area contributed by atoms with Gasteiger partial charge in [0.1, 0.15) is 0 Å². The fraction of sp³-hybridized carbons (Fsp3) is 0.588. The molecule has 2 aromatic heterocycles. The van der Waals surface area contributed by atoms with E-state index in [1.54, 1.807) is 4.52 Å². The van der Waals surface area contributed by atoms with Crippen LogP contribution in [0.2, 0.25) is 0 Å². The van der Waals surface area contributed by atoms with E-state index in [0.717, 1.165) is 42.5 Å². The lowest BCUT2D eigenvalue weighted by atomic mass is 10.1. The second-order valence-electron chi connectivity index (χ2n) is 7.03. The molecule has 7 heteroatoms. The topological polar surface area (TPSA) is 82.5 Å². The number of likely N-dealkylation sites (tertiary alicyclic amines) is 1. The molecule has 24 heavy (non-hydrogen) atoms. The predicted octanol–water partition coefficient (Wildman–Crippen LogP) is 0.535. The van der Waals surface area contributed by atoms with Gasteiger partial charge in [0.2, 0.25) is 5.91 Å². The number of H-pyrrole nitrogens is 1. The molecule has 128 valence electrons. The third-order valence-electron chi connectivity index (χ3n) is 5.19. The minimum atomic E-state index is -0.183. The average molecular weight is 329 g/mol. The molecular formula is C17H23N5O2. The first-order valence-electron chi connectivity index (χ1n) is 8.62. The highest BCUT2D eigenvalue weighted by Crippen LogP contribution is 2.29. The molecule has 2 fully saturated rings. The van der Waals surface area contributed by atoms with Crippen LogP contribution in [0, 0.1) is 13.8 Å². The van der Waals surface area contributed by atoms with Crippen molar-refractivity contribution in [2.24, 2.45) is 0 Å². The van der Waals surface area contributed by atoms with E-state index in [4.69, 9.17) is 0 Å². The molecule has 1 aliphatic carbocycles. The van der Waals surface area contributed by atoms with Gasteiger partial charge in [-0.2, -0.15) is 0 Å². The first-order chi connectivity index (χ1) is 11.5. The molecule has 2 aromatic rings. The van der Waals surface area contributed by atoms with Crippen LogP contribution < -0.4 is 10.9 Å². The molecule has 3 heterocycles. The van der Waals surface area contributed by atoms with E-state index in [9.17, 15) is 9.59 Å². The maximum atomic E-state index is 12.5. The highest BCUT2D eigenvalue weighted by Gasteiger charge is 2.34. The third-order valence-corrected chi connectivity index (χ3v) is 5.19. The Bertz CT molecular complexity index is 849. The first-order valence-corrected chi connectivity index (χ1v) is 8.62. The van der Waals surface area contributed by atoms with Gasteiger partial charge in [-0.3, -0.25) is 19.6 Å². The highest BCUT2D eigenvalue weighted by atomic mass is 16.1. The van der Waals surface area contributed by atoms with Crippen molar-refractivity contribution in [1.82, 2.24) is 24.8 Å². The summed E-state index contributed by atoms with van der Waals surface area (Å²) >= 11 is 0. The van der Waals surface area contributed by atoms with Gasteiger partial charge in [0.15, 0.2) is 5.65 Å². The lowest BCUT2D eigenvalue weighted by Crippen LogP contribution is -2.38. The molecule has 7 nitrogen and oxygen atoms in total. The Morgan fingerprint density at radius 3 is 2.92 bits per heavy atom. The number of carbonyl (C=O) groups is 1. The second-order valence-corrected chi connectivity index (χ2v) is 7.03. The SMILES string of the molecule is Cc1nc2cc(=O)[nH]n2c(C)c1CC(=O)NC1CCN(C2CC2)C1. The third kappa shape index (κ3) is 2.84. The maximum absolute atomic E-state index is 12.5. The minimum absolute atomic E-state index is 0.0273. The summed E-state index contributed by atoms with van der Waals surface area (Å²) in [5, 5.41) is 5.88. The Labute approximate surface area is 140 Å². The van der Waals surface area contributed by atoms with E-state index in [1.807, 2.05) is 13.8 Å². The number of amides is 1. The second kappa shape index (κ2) is 5.73. The first kappa shape index (κ1) is 15.4. The van der Waals surface area contributed by atoms with Crippen molar-refractivity contribution in [2.75, 3.05) is 13.1 Å². The van der Waals surface area contributed by atoms with Crippen LogP contribution in [0.1, 0.15) is 36.2 Å². The van der Waals surface area contributed by atoms with Crippen LogP contribution in [0.15, 0.2) is 10.9 Å². The van der Waals surface area contributed by atoms with Crippen molar-refractivity contribution in [2.45, 2.75) is 51.6 Å². The zero-order valence-electron chi connectivity index (χ0n) is 14.1. The molecule has 1 aliphatic heterocycles. The molecule has 2 aliphatic rings. The van der Waals surface area contributed by atoms with E-state index in [-0.39, 0.29) is 17.5 Å². The Morgan fingerprint density at radius 2 is 2.17 bits per heavy atom. The van der Waals surface area contributed by atoms with Crippen LogP contribution >= 0.6 is 0 Å². The van der Waals surface area contributed by atoms with Crippen molar-refractivity contribution >= 4 is 11.6 Å². The fourth-order valence-electron chi connectivity index (χ4n) is 3.73. The molecule has 0 aromatic carbocycles. The standard InChI is InChI=1S/C17H23N5O2/c1-10-14(11(2)22-15(18-10)8-17(24)20-22)7-16(23)19-12-5-6-21(9-12)13-3-4-13/h8,12-13H,3-7,9H2,1-2H3,(H,19,23)(H,20,24). The van der Waals surface area contributed by atoms with Gasteiger partial charge >= 0.3 is 0 Å². The van der Waals surface area contributed by atoms with Gasteiger partial charge in [0.05, 0.1) is 6.42 Å². The molecule has 1 unspecified atom stereocenters. The van der Waals surface area contributed by atoms with Crippen LogP contribution in [0.3, 0.4) is 0 Å². The summed E-state index contributed by atoms with van der Waals surface area (Å²) in [6.45, 7) is 5.85. The van der Waals surface area contributed by atoms with E-state index in [0.29, 0.717) is 12.1 Å². The molecule has 1 saturated heterocycles. The number of hydrogen-bond donors (Lipinski definition) is 2. The Kier molecular flexibility index (Phi) is 3.68. The number of aromatic nitrogens is 3. The summed E-state index contributed by atoms with van der Waals surface area (Å²) in [5.74, 6) is 0.0273. The van der Waals surface area contributed by atoms with Crippen molar-refractivity contribution in [3.8, 4) is 0 Å². The zero-order chi connectivity index (χ0) is 16.8. The van der Waals surface area contributed by atoms with Crippen molar-refractivity contribution in [3.63, 3.8) is 0 Å². The number of nitrogens with zero attached hydrogens (tertiary/aromatic N) is 3. The van der Waals surface area contributed by atoms with Crippen LogP contribution in [0.25, 0.3) is 5.65 Å². The monoisotopic (exact) mass is 329 g/mol. The van der Waals surface area contributed by atoms with Crippen LogP contribution in [0.4, 0.5) is 0 Å². The predicted molar refractivity (Wildman–Crippen MR) is 90.1 cm³/mol. The average Bonchev–Trinajstić information content (AvgIpc) is 3.16. The van der Waals surface area contributed by atoms with Gasteiger partial charge in [-0.1, -0.05) is 0 Å².